The number of carbonyl (C=O) groups excluding carboxylic acids is 1. The van der Waals surface area contributed by atoms with E-state index in [1.54, 1.807) is 22.8 Å². The average Bonchev–Trinajstić information content (AvgIpc) is 2.96. The van der Waals surface area contributed by atoms with Crippen LogP contribution in [0.4, 0.5) is 19.3 Å². The lowest BCUT2D eigenvalue weighted by Gasteiger charge is -2.28. The molecule has 1 fully saturated rings. The summed E-state index contributed by atoms with van der Waals surface area (Å²) in [6.07, 6.45) is 4.81. The molecule has 0 saturated heterocycles. The summed E-state index contributed by atoms with van der Waals surface area (Å²) >= 11 is 0. The minimum absolute atomic E-state index is 0.0399. The van der Waals surface area contributed by atoms with Crippen LogP contribution in [0.15, 0.2) is 24.7 Å². The van der Waals surface area contributed by atoms with Gasteiger partial charge in [-0.2, -0.15) is 5.10 Å². The molecule has 2 heterocycles. The Morgan fingerprint density at radius 3 is 2.91 bits per heavy atom. The molecule has 8 heteroatoms. The highest BCUT2D eigenvalue weighted by Crippen LogP contribution is 2.37. The molecule has 0 atom stereocenters. The van der Waals surface area contributed by atoms with Crippen molar-refractivity contribution in [3.63, 3.8) is 0 Å². The van der Waals surface area contributed by atoms with E-state index < -0.39 is 5.92 Å². The average molecular weight is 323 g/mol. The number of hydrogen-bond donors (Lipinski definition) is 2. The molecule has 124 valence electrons. The zero-order chi connectivity index (χ0) is 16.3. The van der Waals surface area contributed by atoms with Crippen molar-refractivity contribution in [2.24, 2.45) is 5.92 Å². The maximum absolute atomic E-state index is 13.1. The number of amides is 2. The molecule has 1 aliphatic carbocycles. The van der Waals surface area contributed by atoms with E-state index in [2.05, 4.69) is 20.7 Å². The molecule has 0 aromatic carbocycles. The van der Waals surface area contributed by atoms with Gasteiger partial charge in [0.05, 0.1) is 11.9 Å². The van der Waals surface area contributed by atoms with Crippen LogP contribution in [-0.2, 0) is 0 Å². The summed E-state index contributed by atoms with van der Waals surface area (Å²) < 4.78 is 27.7. The molecule has 0 radical (unpaired) electrons. The third kappa shape index (κ3) is 4.14. The van der Waals surface area contributed by atoms with E-state index in [9.17, 15) is 13.6 Å². The molecule has 1 aliphatic rings. The topological polar surface area (TPSA) is 71.3 Å². The van der Waals surface area contributed by atoms with Crippen LogP contribution >= 0.6 is 0 Å². The van der Waals surface area contributed by atoms with Gasteiger partial charge in [0.15, 0.2) is 5.65 Å². The Bertz CT molecular complexity index is 677. The number of fused-ring (bicyclic) bond motifs is 1. The van der Waals surface area contributed by atoms with Gasteiger partial charge in [-0.15, -0.1) is 0 Å². The maximum Gasteiger partial charge on any atom is 0.319 e. The third-order valence-corrected chi connectivity index (χ3v) is 4.21. The van der Waals surface area contributed by atoms with E-state index in [0.29, 0.717) is 30.7 Å². The number of halogens is 2. The van der Waals surface area contributed by atoms with Crippen molar-refractivity contribution in [1.82, 2.24) is 19.9 Å². The minimum atomic E-state index is -2.50. The number of pyridine rings is 1. The second kappa shape index (κ2) is 6.47. The lowest BCUT2D eigenvalue weighted by molar-refractivity contribution is -0.0463. The number of nitrogens with zero attached hydrogens (tertiary/aromatic N) is 3. The predicted molar refractivity (Wildman–Crippen MR) is 81.5 cm³/mol. The number of anilines is 1. The Labute approximate surface area is 132 Å². The van der Waals surface area contributed by atoms with Crippen molar-refractivity contribution >= 4 is 17.4 Å². The minimum Gasteiger partial charge on any atom is -0.338 e. The first-order valence-corrected chi connectivity index (χ1v) is 7.74. The van der Waals surface area contributed by atoms with Gasteiger partial charge >= 0.3 is 6.03 Å². The van der Waals surface area contributed by atoms with Crippen LogP contribution in [0.1, 0.15) is 32.1 Å². The number of nitrogens with one attached hydrogen (secondary N) is 2. The second-order valence-electron chi connectivity index (χ2n) is 5.95. The summed E-state index contributed by atoms with van der Waals surface area (Å²) in [5.74, 6) is -2.23. The van der Waals surface area contributed by atoms with Crippen LogP contribution in [0.2, 0.25) is 0 Å². The SMILES string of the molecule is O=C(NCCC1CCC(F)(F)CC1)Nc1ccc2ncnn2c1. The Balaban J connectivity index is 1.41. The summed E-state index contributed by atoms with van der Waals surface area (Å²) in [5.41, 5.74) is 1.31. The maximum atomic E-state index is 13.1. The van der Waals surface area contributed by atoms with Crippen LogP contribution in [0.3, 0.4) is 0 Å². The van der Waals surface area contributed by atoms with Crippen molar-refractivity contribution in [3.8, 4) is 0 Å². The van der Waals surface area contributed by atoms with E-state index in [1.165, 1.54) is 6.33 Å². The molecule has 3 rings (SSSR count). The number of aromatic nitrogens is 3. The van der Waals surface area contributed by atoms with Gasteiger partial charge in [-0.05, 0) is 37.3 Å². The summed E-state index contributed by atoms with van der Waals surface area (Å²) in [4.78, 5) is 15.9. The van der Waals surface area contributed by atoms with E-state index in [-0.39, 0.29) is 24.8 Å². The summed E-state index contributed by atoms with van der Waals surface area (Å²) in [7, 11) is 0. The first-order valence-electron chi connectivity index (χ1n) is 7.74. The smallest absolute Gasteiger partial charge is 0.319 e. The molecular weight excluding hydrogens is 304 g/mol. The van der Waals surface area contributed by atoms with Crippen molar-refractivity contribution in [1.29, 1.82) is 0 Å². The highest BCUT2D eigenvalue weighted by atomic mass is 19.3. The quantitative estimate of drug-likeness (QED) is 0.908. The Hall–Kier alpha value is -2.25. The number of alkyl halides is 2. The lowest BCUT2D eigenvalue weighted by atomic mass is 9.85. The van der Waals surface area contributed by atoms with Gasteiger partial charge in [-0.3, -0.25) is 0 Å². The second-order valence-corrected chi connectivity index (χ2v) is 5.95. The van der Waals surface area contributed by atoms with Gasteiger partial charge < -0.3 is 10.6 Å². The van der Waals surface area contributed by atoms with Crippen LogP contribution in [0.5, 0.6) is 0 Å². The van der Waals surface area contributed by atoms with Crippen molar-refractivity contribution < 1.29 is 13.6 Å². The number of carbonyl (C=O) groups is 1. The van der Waals surface area contributed by atoms with Crippen LogP contribution < -0.4 is 10.6 Å². The van der Waals surface area contributed by atoms with Crippen LogP contribution in [0, 0.1) is 5.92 Å². The number of hydrogen-bond acceptors (Lipinski definition) is 3. The third-order valence-electron chi connectivity index (χ3n) is 4.21. The molecule has 23 heavy (non-hydrogen) atoms. The Kier molecular flexibility index (Phi) is 4.40. The molecule has 0 spiro atoms. The van der Waals surface area contributed by atoms with Gasteiger partial charge in [0.1, 0.15) is 6.33 Å². The highest BCUT2D eigenvalue weighted by molar-refractivity contribution is 5.89. The highest BCUT2D eigenvalue weighted by Gasteiger charge is 2.34. The summed E-state index contributed by atoms with van der Waals surface area (Å²) in [6.45, 7) is 0.480. The fourth-order valence-corrected chi connectivity index (χ4v) is 2.84. The molecular formula is C15H19F2N5O. The van der Waals surface area contributed by atoms with Crippen LogP contribution in [0.25, 0.3) is 5.65 Å². The standard InChI is InChI=1S/C15H19F2N5O/c16-15(17)6-3-11(4-7-15)5-8-18-14(23)21-12-1-2-13-19-10-20-22(13)9-12/h1-2,9-11H,3-8H2,(H2,18,21,23). The number of rotatable bonds is 4. The van der Waals surface area contributed by atoms with Crippen molar-refractivity contribution in [2.75, 3.05) is 11.9 Å². The normalized spacial score (nSPS) is 18.0. The van der Waals surface area contributed by atoms with Crippen molar-refractivity contribution in [2.45, 2.75) is 38.0 Å². The van der Waals surface area contributed by atoms with Gasteiger partial charge in [-0.1, -0.05) is 0 Å². The number of urea groups is 1. The molecule has 0 aliphatic heterocycles. The Morgan fingerprint density at radius 2 is 2.13 bits per heavy atom. The predicted octanol–water partition coefficient (Wildman–Crippen LogP) is 3.07. The van der Waals surface area contributed by atoms with E-state index in [1.807, 2.05) is 0 Å². The van der Waals surface area contributed by atoms with Crippen LogP contribution in [-0.4, -0.2) is 33.1 Å². The first-order chi connectivity index (χ1) is 11.0. The molecule has 1 saturated carbocycles. The summed E-state index contributed by atoms with van der Waals surface area (Å²) in [6, 6.07) is 3.18. The largest absolute Gasteiger partial charge is 0.338 e. The van der Waals surface area contributed by atoms with Gasteiger partial charge in [0, 0.05) is 19.4 Å². The zero-order valence-electron chi connectivity index (χ0n) is 12.6. The molecule has 2 aromatic rings. The van der Waals surface area contributed by atoms with Gasteiger partial charge in [0.25, 0.3) is 0 Å². The molecule has 2 amide bonds. The van der Waals surface area contributed by atoms with Gasteiger partial charge in [0.2, 0.25) is 5.92 Å². The molecule has 2 N–H and O–H groups in total. The van der Waals surface area contributed by atoms with E-state index in [4.69, 9.17) is 0 Å². The first kappa shape index (κ1) is 15.6. The zero-order valence-corrected chi connectivity index (χ0v) is 12.6. The molecule has 0 unspecified atom stereocenters. The fourth-order valence-electron chi connectivity index (χ4n) is 2.84. The molecule has 2 aromatic heterocycles. The molecule has 6 nitrogen and oxygen atoms in total. The lowest BCUT2D eigenvalue weighted by Crippen LogP contribution is -2.32. The Morgan fingerprint density at radius 1 is 1.35 bits per heavy atom. The van der Waals surface area contributed by atoms with Gasteiger partial charge in [-0.25, -0.2) is 23.1 Å². The molecule has 0 bridgehead atoms. The van der Waals surface area contributed by atoms with E-state index >= 15 is 0 Å². The fraction of sp³-hybridized carbons (Fsp3) is 0.533. The summed E-state index contributed by atoms with van der Waals surface area (Å²) in [5, 5.41) is 9.47. The van der Waals surface area contributed by atoms with Crippen molar-refractivity contribution in [3.05, 3.63) is 24.7 Å². The van der Waals surface area contributed by atoms with E-state index in [0.717, 1.165) is 6.42 Å². The monoisotopic (exact) mass is 323 g/mol.